The lowest BCUT2D eigenvalue weighted by molar-refractivity contribution is -0.133. The standard InChI is InChI=1S/C17H26N2O2/c1-2-15(18)14-9-5-6-10-16(14)21-13-17(20)19-11-7-3-4-8-12-19/h5-6,9-10,15H,2-4,7-8,11-13,18H2,1H3/t15-/m0/s1. The molecule has 1 heterocycles. The number of hydrogen-bond acceptors (Lipinski definition) is 3. The van der Waals surface area contributed by atoms with Gasteiger partial charge in [-0.1, -0.05) is 38.0 Å². The van der Waals surface area contributed by atoms with E-state index in [-0.39, 0.29) is 18.6 Å². The van der Waals surface area contributed by atoms with Gasteiger partial charge in [-0.05, 0) is 25.3 Å². The minimum Gasteiger partial charge on any atom is -0.483 e. The molecule has 1 fully saturated rings. The van der Waals surface area contributed by atoms with Crippen LogP contribution in [0.25, 0.3) is 0 Å². The molecule has 4 heteroatoms. The minimum absolute atomic E-state index is 0.0468. The third kappa shape index (κ3) is 4.46. The van der Waals surface area contributed by atoms with Gasteiger partial charge in [-0.15, -0.1) is 0 Å². The summed E-state index contributed by atoms with van der Waals surface area (Å²) in [6.07, 6.45) is 5.49. The van der Waals surface area contributed by atoms with Gasteiger partial charge in [0.05, 0.1) is 0 Å². The molecule has 1 atom stereocenters. The number of carbonyl (C=O) groups is 1. The molecule has 4 nitrogen and oxygen atoms in total. The number of carbonyl (C=O) groups excluding carboxylic acids is 1. The number of para-hydroxylation sites is 1. The van der Waals surface area contributed by atoms with E-state index in [0.717, 1.165) is 43.7 Å². The Balaban J connectivity index is 1.94. The van der Waals surface area contributed by atoms with Crippen molar-refractivity contribution < 1.29 is 9.53 Å². The molecule has 0 radical (unpaired) electrons. The van der Waals surface area contributed by atoms with Crippen molar-refractivity contribution in [2.24, 2.45) is 5.73 Å². The zero-order valence-electron chi connectivity index (χ0n) is 12.9. The Morgan fingerprint density at radius 3 is 2.57 bits per heavy atom. The molecule has 1 aliphatic rings. The van der Waals surface area contributed by atoms with Crippen molar-refractivity contribution in [2.45, 2.75) is 45.1 Å². The fraction of sp³-hybridized carbons (Fsp3) is 0.588. The fourth-order valence-corrected chi connectivity index (χ4v) is 2.69. The Labute approximate surface area is 127 Å². The summed E-state index contributed by atoms with van der Waals surface area (Å²) >= 11 is 0. The highest BCUT2D eigenvalue weighted by Gasteiger charge is 2.17. The number of ether oxygens (including phenoxy) is 1. The van der Waals surface area contributed by atoms with Crippen LogP contribution in [0.15, 0.2) is 24.3 Å². The Hall–Kier alpha value is -1.55. The highest BCUT2D eigenvalue weighted by atomic mass is 16.5. The van der Waals surface area contributed by atoms with Crippen molar-refractivity contribution in [3.05, 3.63) is 29.8 Å². The van der Waals surface area contributed by atoms with Crippen LogP contribution in [0.1, 0.15) is 50.6 Å². The summed E-state index contributed by atoms with van der Waals surface area (Å²) in [5.41, 5.74) is 7.07. The smallest absolute Gasteiger partial charge is 0.260 e. The number of rotatable bonds is 5. The van der Waals surface area contributed by atoms with Crippen molar-refractivity contribution >= 4 is 5.91 Å². The molecule has 116 valence electrons. The average Bonchev–Trinajstić information content (AvgIpc) is 2.81. The van der Waals surface area contributed by atoms with Gasteiger partial charge in [0, 0.05) is 24.7 Å². The van der Waals surface area contributed by atoms with E-state index in [2.05, 4.69) is 0 Å². The molecule has 2 N–H and O–H groups in total. The van der Waals surface area contributed by atoms with Gasteiger partial charge in [0.1, 0.15) is 5.75 Å². The summed E-state index contributed by atoms with van der Waals surface area (Å²) in [7, 11) is 0. The average molecular weight is 290 g/mol. The Morgan fingerprint density at radius 2 is 1.90 bits per heavy atom. The Morgan fingerprint density at radius 1 is 1.24 bits per heavy atom. The van der Waals surface area contributed by atoms with Gasteiger partial charge in [0.15, 0.2) is 6.61 Å². The van der Waals surface area contributed by atoms with E-state index in [9.17, 15) is 4.79 Å². The molecule has 0 saturated carbocycles. The second-order valence-electron chi connectivity index (χ2n) is 5.64. The molecule has 1 saturated heterocycles. The van der Waals surface area contributed by atoms with E-state index in [4.69, 9.17) is 10.5 Å². The van der Waals surface area contributed by atoms with Crippen molar-refractivity contribution in [3.8, 4) is 5.75 Å². The molecule has 1 aromatic rings. The zero-order chi connectivity index (χ0) is 15.1. The summed E-state index contributed by atoms with van der Waals surface area (Å²) < 4.78 is 5.74. The predicted molar refractivity (Wildman–Crippen MR) is 84.2 cm³/mol. The van der Waals surface area contributed by atoms with Crippen LogP contribution in [0, 0.1) is 0 Å². The number of amides is 1. The van der Waals surface area contributed by atoms with Gasteiger partial charge in [0.2, 0.25) is 0 Å². The van der Waals surface area contributed by atoms with Gasteiger partial charge >= 0.3 is 0 Å². The second kappa shape index (κ2) is 8.03. The normalized spacial score (nSPS) is 17.1. The third-order valence-corrected chi connectivity index (χ3v) is 4.07. The van der Waals surface area contributed by atoms with Gasteiger partial charge in [-0.25, -0.2) is 0 Å². The lowest BCUT2D eigenvalue weighted by Gasteiger charge is -2.21. The van der Waals surface area contributed by atoms with E-state index in [1.807, 2.05) is 36.1 Å². The molecule has 2 rings (SSSR count). The number of hydrogen-bond donors (Lipinski definition) is 1. The van der Waals surface area contributed by atoms with Crippen molar-refractivity contribution in [1.29, 1.82) is 0 Å². The molecular formula is C17H26N2O2. The van der Waals surface area contributed by atoms with Gasteiger partial charge in [-0.3, -0.25) is 4.79 Å². The maximum Gasteiger partial charge on any atom is 0.260 e. The molecule has 0 spiro atoms. The summed E-state index contributed by atoms with van der Waals surface area (Å²) in [5.74, 6) is 0.812. The Bertz CT molecular complexity index is 454. The molecule has 21 heavy (non-hydrogen) atoms. The van der Waals surface area contributed by atoms with Gasteiger partial charge in [-0.2, -0.15) is 0 Å². The van der Waals surface area contributed by atoms with Crippen molar-refractivity contribution in [2.75, 3.05) is 19.7 Å². The molecule has 0 bridgehead atoms. The summed E-state index contributed by atoms with van der Waals surface area (Å²) in [6, 6.07) is 7.68. The predicted octanol–water partition coefficient (Wildman–Crippen LogP) is 2.88. The molecule has 0 aliphatic carbocycles. The summed E-state index contributed by atoms with van der Waals surface area (Å²) in [6.45, 7) is 3.87. The molecule has 1 aliphatic heterocycles. The SMILES string of the molecule is CC[C@H](N)c1ccccc1OCC(=O)N1CCCCCC1. The van der Waals surface area contributed by atoms with Crippen LogP contribution in [0.2, 0.25) is 0 Å². The maximum absolute atomic E-state index is 12.2. The van der Waals surface area contributed by atoms with Crippen LogP contribution in [0.4, 0.5) is 0 Å². The quantitative estimate of drug-likeness (QED) is 0.907. The van der Waals surface area contributed by atoms with Gasteiger partial charge in [0.25, 0.3) is 5.91 Å². The zero-order valence-corrected chi connectivity index (χ0v) is 12.9. The summed E-state index contributed by atoms with van der Waals surface area (Å²) in [4.78, 5) is 14.2. The van der Waals surface area contributed by atoms with E-state index in [0.29, 0.717) is 0 Å². The lowest BCUT2D eigenvalue weighted by atomic mass is 10.0. The number of nitrogens with two attached hydrogens (primary N) is 1. The maximum atomic E-state index is 12.2. The van der Waals surface area contributed by atoms with Crippen LogP contribution in [0.5, 0.6) is 5.75 Å². The van der Waals surface area contributed by atoms with Crippen LogP contribution >= 0.6 is 0 Å². The third-order valence-electron chi connectivity index (χ3n) is 4.07. The van der Waals surface area contributed by atoms with Crippen LogP contribution in [-0.2, 0) is 4.79 Å². The van der Waals surface area contributed by atoms with E-state index in [1.165, 1.54) is 12.8 Å². The second-order valence-corrected chi connectivity index (χ2v) is 5.64. The first-order chi connectivity index (χ1) is 10.2. The van der Waals surface area contributed by atoms with Gasteiger partial charge < -0.3 is 15.4 Å². The van der Waals surface area contributed by atoms with E-state index < -0.39 is 0 Å². The molecular weight excluding hydrogens is 264 g/mol. The molecule has 1 amide bonds. The number of nitrogens with zero attached hydrogens (tertiary/aromatic N) is 1. The monoisotopic (exact) mass is 290 g/mol. The van der Waals surface area contributed by atoms with Crippen molar-refractivity contribution in [3.63, 3.8) is 0 Å². The van der Waals surface area contributed by atoms with E-state index >= 15 is 0 Å². The fourth-order valence-electron chi connectivity index (χ4n) is 2.69. The van der Waals surface area contributed by atoms with Crippen LogP contribution in [0.3, 0.4) is 0 Å². The van der Waals surface area contributed by atoms with E-state index in [1.54, 1.807) is 0 Å². The highest BCUT2D eigenvalue weighted by Crippen LogP contribution is 2.25. The molecule has 0 aromatic heterocycles. The number of likely N-dealkylation sites (tertiary alicyclic amines) is 1. The highest BCUT2D eigenvalue weighted by molar-refractivity contribution is 5.77. The number of benzene rings is 1. The summed E-state index contributed by atoms with van der Waals surface area (Å²) in [5, 5.41) is 0. The minimum atomic E-state index is -0.0468. The molecule has 0 unspecified atom stereocenters. The first-order valence-corrected chi connectivity index (χ1v) is 7.97. The first-order valence-electron chi connectivity index (χ1n) is 7.97. The lowest BCUT2D eigenvalue weighted by Crippen LogP contribution is -2.35. The van der Waals surface area contributed by atoms with Crippen LogP contribution < -0.4 is 10.5 Å². The first kappa shape index (κ1) is 15.8. The van der Waals surface area contributed by atoms with Crippen LogP contribution in [-0.4, -0.2) is 30.5 Å². The Kier molecular flexibility index (Phi) is 6.05. The molecule has 1 aromatic carbocycles. The van der Waals surface area contributed by atoms with Crippen molar-refractivity contribution in [1.82, 2.24) is 4.90 Å². The largest absolute Gasteiger partial charge is 0.483 e. The topological polar surface area (TPSA) is 55.6 Å².